The first-order valence-corrected chi connectivity index (χ1v) is 11.1. The molecule has 1 N–H and O–H groups in total. The van der Waals surface area contributed by atoms with Crippen LogP contribution in [0.5, 0.6) is 5.75 Å². The summed E-state index contributed by atoms with van der Waals surface area (Å²) in [6, 6.07) is 19.0. The summed E-state index contributed by atoms with van der Waals surface area (Å²) >= 11 is 1.31. The van der Waals surface area contributed by atoms with Crippen LogP contribution in [0.3, 0.4) is 0 Å². The van der Waals surface area contributed by atoms with Crippen LogP contribution < -0.4 is 15.6 Å². The molecule has 33 heavy (non-hydrogen) atoms. The van der Waals surface area contributed by atoms with E-state index in [1.54, 1.807) is 31.4 Å². The molecule has 5 rings (SSSR count). The predicted octanol–water partition coefficient (Wildman–Crippen LogP) is 4.63. The zero-order chi connectivity index (χ0) is 22.9. The van der Waals surface area contributed by atoms with Gasteiger partial charge in [-0.2, -0.15) is 0 Å². The van der Waals surface area contributed by atoms with E-state index in [1.807, 2.05) is 43.3 Å². The van der Waals surface area contributed by atoms with Gasteiger partial charge >= 0.3 is 0 Å². The fourth-order valence-electron chi connectivity index (χ4n) is 3.80. The number of nitrogens with zero attached hydrogens (tertiary/aromatic N) is 3. The number of amides is 1. The second-order valence-corrected chi connectivity index (χ2v) is 8.59. The number of pyridine rings is 1. The Hall–Kier alpha value is -4.04. The number of benzene rings is 2. The average Bonchev–Trinajstić information content (AvgIpc) is 3.20. The topological polar surface area (TPSA) is 86.1 Å². The van der Waals surface area contributed by atoms with Gasteiger partial charge in [0.25, 0.3) is 5.56 Å². The van der Waals surface area contributed by atoms with Crippen molar-refractivity contribution >= 4 is 43.4 Å². The highest BCUT2D eigenvalue weighted by Gasteiger charge is 2.18. The number of hydrogen-bond donors (Lipinski definition) is 1. The number of ether oxygens (including phenoxy) is 1. The highest BCUT2D eigenvalue weighted by atomic mass is 32.1. The molecule has 0 spiro atoms. The molecule has 0 atom stereocenters. The summed E-state index contributed by atoms with van der Waals surface area (Å²) in [4.78, 5) is 35.8. The third-order valence-corrected chi connectivity index (χ3v) is 6.36. The van der Waals surface area contributed by atoms with Gasteiger partial charge in [0.1, 0.15) is 21.8 Å². The Morgan fingerprint density at radius 2 is 1.94 bits per heavy atom. The number of hydrogen-bond acceptors (Lipinski definition) is 6. The molecule has 0 saturated carbocycles. The molecule has 7 nitrogen and oxygen atoms in total. The highest BCUT2D eigenvalue weighted by Crippen LogP contribution is 2.37. The van der Waals surface area contributed by atoms with Crippen molar-refractivity contribution in [3.63, 3.8) is 0 Å². The first-order chi connectivity index (χ1) is 16.0. The second-order valence-electron chi connectivity index (χ2n) is 7.59. The zero-order valence-corrected chi connectivity index (χ0v) is 18.8. The van der Waals surface area contributed by atoms with Crippen LogP contribution in [-0.2, 0) is 11.3 Å². The van der Waals surface area contributed by atoms with Crippen LogP contribution in [0.1, 0.15) is 5.69 Å². The molecular weight excluding hydrogens is 436 g/mol. The fraction of sp³-hybridized carbons (Fsp3) is 0.120. The molecule has 0 bridgehead atoms. The van der Waals surface area contributed by atoms with E-state index in [9.17, 15) is 9.59 Å². The zero-order valence-electron chi connectivity index (χ0n) is 18.0. The molecule has 3 aromatic heterocycles. The summed E-state index contributed by atoms with van der Waals surface area (Å²) in [5, 5.41) is 3.65. The number of carbonyl (C=O) groups is 1. The molecule has 8 heteroatoms. The van der Waals surface area contributed by atoms with E-state index in [4.69, 9.17) is 4.74 Å². The molecule has 0 aliphatic rings. The molecule has 0 unspecified atom stereocenters. The summed E-state index contributed by atoms with van der Waals surface area (Å²) in [6.45, 7) is 1.79. The third kappa shape index (κ3) is 3.96. The van der Waals surface area contributed by atoms with Gasteiger partial charge in [0.15, 0.2) is 0 Å². The molecule has 164 valence electrons. The lowest BCUT2D eigenvalue weighted by Gasteiger charge is -2.08. The van der Waals surface area contributed by atoms with Gasteiger partial charge in [-0.15, -0.1) is 11.3 Å². The number of aromatic nitrogens is 3. The molecule has 5 aromatic rings. The third-order valence-electron chi connectivity index (χ3n) is 5.30. The number of anilines is 1. The van der Waals surface area contributed by atoms with Crippen molar-refractivity contribution in [3.05, 3.63) is 83.0 Å². The van der Waals surface area contributed by atoms with Crippen molar-refractivity contribution in [3.8, 4) is 16.9 Å². The average molecular weight is 457 g/mol. The number of thiophene rings is 1. The van der Waals surface area contributed by atoms with Crippen LogP contribution in [0, 0.1) is 6.92 Å². The van der Waals surface area contributed by atoms with Crippen molar-refractivity contribution in [2.24, 2.45) is 0 Å². The number of fused-ring (bicyclic) bond motifs is 3. The van der Waals surface area contributed by atoms with Crippen LogP contribution in [0.25, 0.3) is 31.6 Å². The highest BCUT2D eigenvalue weighted by molar-refractivity contribution is 7.25. The van der Waals surface area contributed by atoms with Gasteiger partial charge in [0, 0.05) is 22.8 Å². The van der Waals surface area contributed by atoms with Gasteiger partial charge in [-0.05, 0) is 36.2 Å². The lowest BCUT2D eigenvalue weighted by Crippen LogP contribution is -2.27. The Labute approximate surface area is 193 Å². The maximum atomic E-state index is 13.2. The lowest BCUT2D eigenvalue weighted by molar-refractivity contribution is -0.116. The van der Waals surface area contributed by atoms with Gasteiger partial charge in [-0.1, -0.05) is 36.4 Å². The monoisotopic (exact) mass is 456 g/mol. The number of carbonyl (C=O) groups excluding carboxylic acids is 1. The summed E-state index contributed by atoms with van der Waals surface area (Å²) in [5.74, 6) is 0.307. The van der Waals surface area contributed by atoms with Crippen LogP contribution in [-0.4, -0.2) is 27.6 Å². The minimum Gasteiger partial charge on any atom is -0.497 e. The van der Waals surface area contributed by atoms with E-state index in [2.05, 4.69) is 15.3 Å². The minimum atomic E-state index is -0.327. The molecule has 1 amide bonds. The van der Waals surface area contributed by atoms with Crippen LogP contribution >= 0.6 is 11.3 Å². The molecule has 3 heterocycles. The van der Waals surface area contributed by atoms with Gasteiger partial charge < -0.3 is 10.1 Å². The SMILES string of the molecule is COc1cccc(NC(=O)Cn2cnc3c(sc4nc(C)cc(-c5ccccc5)c43)c2=O)c1. The Bertz CT molecular complexity index is 1560. The number of aryl methyl sites for hydroxylation is 1. The van der Waals surface area contributed by atoms with E-state index >= 15 is 0 Å². The number of nitrogens with one attached hydrogen (secondary N) is 1. The van der Waals surface area contributed by atoms with Crippen LogP contribution in [0.4, 0.5) is 5.69 Å². The molecule has 0 radical (unpaired) electrons. The molecule has 0 saturated heterocycles. The summed E-state index contributed by atoms with van der Waals surface area (Å²) in [6.07, 6.45) is 1.43. The Morgan fingerprint density at radius 1 is 1.12 bits per heavy atom. The van der Waals surface area contributed by atoms with Crippen molar-refractivity contribution < 1.29 is 9.53 Å². The maximum absolute atomic E-state index is 13.2. The van der Waals surface area contributed by atoms with Gasteiger partial charge in [-0.25, -0.2) is 9.97 Å². The molecule has 2 aromatic carbocycles. The number of rotatable bonds is 5. The van der Waals surface area contributed by atoms with Crippen molar-refractivity contribution in [2.45, 2.75) is 13.5 Å². The van der Waals surface area contributed by atoms with Crippen molar-refractivity contribution in [1.82, 2.24) is 14.5 Å². The van der Waals surface area contributed by atoms with E-state index < -0.39 is 0 Å². The Morgan fingerprint density at radius 3 is 2.73 bits per heavy atom. The molecular formula is C25H20N4O3S. The minimum absolute atomic E-state index is 0.148. The van der Waals surface area contributed by atoms with E-state index in [1.165, 1.54) is 22.2 Å². The summed E-state index contributed by atoms with van der Waals surface area (Å²) in [5.41, 5.74) is 3.83. The van der Waals surface area contributed by atoms with Crippen LogP contribution in [0.15, 0.2) is 71.8 Å². The largest absolute Gasteiger partial charge is 0.497 e. The van der Waals surface area contributed by atoms with Gasteiger partial charge in [0.2, 0.25) is 5.91 Å². The van der Waals surface area contributed by atoms with E-state index in [0.717, 1.165) is 27.0 Å². The first-order valence-electron chi connectivity index (χ1n) is 10.3. The summed E-state index contributed by atoms with van der Waals surface area (Å²) in [7, 11) is 1.56. The van der Waals surface area contributed by atoms with Crippen molar-refractivity contribution in [1.29, 1.82) is 0 Å². The van der Waals surface area contributed by atoms with Crippen molar-refractivity contribution in [2.75, 3.05) is 12.4 Å². The fourth-order valence-corrected chi connectivity index (χ4v) is 4.95. The quantitative estimate of drug-likeness (QED) is 0.417. The number of methoxy groups -OCH3 is 1. The predicted molar refractivity (Wildman–Crippen MR) is 131 cm³/mol. The smallest absolute Gasteiger partial charge is 0.271 e. The standard InChI is InChI=1S/C25H20N4O3S/c1-15-11-19(16-7-4-3-5-8-16)21-22-23(33-24(21)27-15)25(31)29(14-26-22)13-20(30)28-17-9-6-10-18(12-17)32-2/h3-12,14H,13H2,1-2H3,(H,28,30). The summed E-state index contributed by atoms with van der Waals surface area (Å²) < 4.78 is 6.98. The van der Waals surface area contributed by atoms with Gasteiger partial charge in [-0.3, -0.25) is 14.2 Å². The second kappa shape index (κ2) is 8.48. The molecule has 0 aliphatic heterocycles. The molecule has 0 aliphatic carbocycles. The Kier molecular flexibility index (Phi) is 5.35. The van der Waals surface area contributed by atoms with Gasteiger partial charge in [0.05, 0.1) is 19.0 Å². The molecule has 0 fully saturated rings. The van der Waals surface area contributed by atoms with E-state index in [0.29, 0.717) is 21.7 Å². The lowest BCUT2D eigenvalue weighted by atomic mass is 10.0. The normalized spacial score (nSPS) is 11.1. The van der Waals surface area contributed by atoms with E-state index in [-0.39, 0.29) is 18.0 Å². The maximum Gasteiger partial charge on any atom is 0.271 e. The van der Waals surface area contributed by atoms with Crippen LogP contribution in [0.2, 0.25) is 0 Å². The Balaban J connectivity index is 1.53. The first kappa shape index (κ1) is 20.8.